The zero-order valence-corrected chi connectivity index (χ0v) is 14.1. The molecule has 19 heavy (non-hydrogen) atoms. The van der Waals surface area contributed by atoms with Gasteiger partial charge in [0, 0.05) is 0 Å². The summed E-state index contributed by atoms with van der Waals surface area (Å²) in [4.78, 5) is 11.5. The Kier molecular flexibility index (Phi) is 14.2. The van der Waals surface area contributed by atoms with Crippen LogP contribution in [0.25, 0.3) is 0 Å². The number of hydrogen-bond donors (Lipinski definition) is 0. The quantitative estimate of drug-likeness (QED) is 0.391. The maximum atomic E-state index is 11.5. The summed E-state index contributed by atoms with van der Waals surface area (Å²) < 4.78 is 5.23. The van der Waals surface area contributed by atoms with Gasteiger partial charge in [-0.1, -0.05) is 58.3 Å². The van der Waals surface area contributed by atoms with E-state index in [1.54, 1.807) is 0 Å². The van der Waals surface area contributed by atoms with Crippen LogP contribution in [0.15, 0.2) is 0 Å². The van der Waals surface area contributed by atoms with E-state index in [-0.39, 0.29) is 23.8 Å². The molecule has 2 nitrogen and oxygen atoms in total. The Labute approximate surface area is 126 Å². The molecule has 0 saturated heterocycles. The van der Waals surface area contributed by atoms with Gasteiger partial charge in [-0.15, -0.1) is 12.4 Å². The molecule has 0 bridgehead atoms. The van der Waals surface area contributed by atoms with Crippen LogP contribution in [-0.2, 0) is 9.53 Å². The van der Waals surface area contributed by atoms with Crippen molar-refractivity contribution in [1.29, 1.82) is 0 Å². The lowest BCUT2D eigenvalue weighted by molar-refractivity contribution is -0.153. The summed E-state index contributed by atoms with van der Waals surface area (Å²) in [6.07, 6.45) is 11.6. The first kappa shape index (κ1) is 21.1. The van der Waals surface area contributed by atoms with Gasteiger partial charge in [0.05, 0.1) is 12.0 Å². The van der Waals surface area contributed by atoms with Crippen molar-refractivity contribution >= 4 is 18.4 Å². The van der Waals surface area contributed by atoms with E-state index in [0.717, 1.165) is 6.42 Å². The Morgan fingerprint density at radius 2 is 1.26 bits per heavy atom. The van der Waals surface area contributed by atoms with Crippen molar-refractivity contribution in [2.45, 2.75) is 85.5 Å². The van der Waals surface area contributed by atoms with E-state index in [0.29, 0.717) is 6.61 Å². The lowest BCUT2D eigenvalue weighted by Crippen LogP contribution is -2.23. The zero-order chi connectivity index (χ0) is 13.9. The summed E-state index contributed by atoms with van der Waals surface area (Å²) in [5.74, 6) is -0.0814. The lowest BCUT2D eigenvalue weighted by Gasteiger charge is -2.16. The molecule has 0 aliphatic heterocycles. The summed E-state index contributed by atoms with van der Waals surface area (Å²) in [5, 5.41) is 0. The molecule has 3 heteroatoms. The predicted molar refractivity (Wildman–Crippen MR) is 84.9 cm³/mol. The molecule has 0 N–H and O–H groups in total. The molecule has 0 unspecified atom stereocenters. The van der Waals surface area contributed by atoms with Crippen LogP contribution in [0.5, 0.6) is 0 Å². The maximum Gasteiger partial charge on any atom is 0.311 e. The van der Waals surface area contributed by atoms with Gasteiger partial charge < -0.3 is 4.74 Å². The molecule has 116 valence electrons. The van der Waals surface area contributed by atoms with E-state index >= 15 is 0 Å². The van der Waals surface area contributed by atoms with Crippen LogP contribution < -0.4 is 0 Å². The van der Waals surface area contributed by atoms with Crippen molar-refractivity contribution in [3.8, 4) is 0 Å². The van der Waals surface area contributed by atoms with Gasteiger partial charge in [0.2, 0.25) is 0 Å². The highest BCUT2D eigenvalue weighted by molar-refractivity contribution is 5.85. The van der Waals surface area contributed by atoms with Gasteiger partial charge in [-0.25, -0.2) is 0 Å². The SMILES string of the molecule is CCCCCCCCCCCOC(=O)C(C)(C)C.Cl. The van der Waals surface area contributed by atoms with Gasteiger partial charge in [0.15, 0.2) is 0 Å². The van der Waals surface area contributed by atoms with Crippen LogP contribution in [0.1, 0.15) is 85.5 Å². The Bertz CT molecular complexity index is 209. The van der Waals surface area contributed by atoms with Gasteiger partial charge in [0.1, 0.15) is 0 Å². The third-order valence-electron chi connectivity index (χ3n) is 3.09. The largest absolute Gasteiger partial charge is 0.465 e. The minimum absolute atomic E-state index is 0. The Balaban J connectivity index is 0. The first-order chi connectivity index (χ1) is 8.48. The second-order valence-corrected chi connectivity index (χ2v) is 6.21. The van der Waals surface area contributed by atoms with Crippen molar-refractivity contribution in [2.75, 3.05) is 6.61 Å². The minimum Gasteiger partial charge on any atom is -0.465 e. The molecule has 0 aliphatic carbocycles. The monoisotopic (exact) mass is 292 g/mol. The fraction of sp³-hybridized carbons (Fsp3) is 0.938. The number of hydrogen-bond acceptors (Lipinski definition) is 2. The summed E-state index contributed by atoms with van der Waals surface area (Å²) in [6.45, 7) is 8.52. The first-order valence-corrected chi connectivity index (χ1v) is 7.65. The van der Waals surface area contributed by atoms with Crippen LogP contribution in [-0.4, -0.2) is 12.6 Å². The fourth-order valence-electron chi connectivity index (χ4n) is 1.79. The molecule has 0 rings (SSSR count). The number of rotatable bonds is 10. The van der Waals surface area contributed by atoms with Gasteiger partial charge in [-0.2, -0.15) is 0 Å². The third-order valence-corrected chi connectivity index (χ3v) is 3.09. The van der Waals surface area contributed by atoms with Crippen LogP contribution in [0.4, 0.5) is 0 Å². The molecule has 0 radical (unpaired) electrons. The van der Waals surface area contributed by atoms with E-state index < -0.39 is 0 Å². The molecule has 0 heterocycles. The maximum absolute atomic E-state index is 11.5. The molecule has 0 aromatic heterocycles. The van der Waals surface area contributed by atoms with E-state index in [1.165, 1.54) is 51.4 Å². The molecule has 0 amide bonds. The number of ether oxygens (including phenoxy) is 1. The van der Waals surface area contributed by atoms with Crippen LogP contribution >= 0.6 is 12.4 Å². The number of halogens is 1. The molecule has 0 spiro atoms. The Morgan fingerprint density at radius 1 is 0.842 bits per heavy atom. The highest BCUT2D eigenvalue weighted by Crippen LogP contribution is 2.15. The highest BCUT2D eigenvalue weighted by Gasteiger charge is 2.22. The molecule has 0 saturated carbocycles. The fourth-order valence-corrected chi connectivity index (χ4v) is 1.79. The Hall–Kier alpha value is -0.240. The second kappa shape index (κ2) is 12.8. The standard InChI is InChI=1S/C16H32O2.ClH/c1-5-6-7-8-9-10-11-12-13-14-18-15(17)16(2,3)4;/h5-14H2,1-4H3;1H. The summed E-state index contributed by atoms with van der Waals surface area (Å²) in [5.41, 5.74) is -0.362. The molecular weight excluding hydrogens is 260 g/mol. The normalized spacial score (nSPS) is 10.9. The minimum atomic E-state index is -0.362. The molecule has 0 aromatic carbocycles. The lowest BCUT2D eigenvalue weighted by atomic mass is 9.97. The number of esters is 1. The zero-order valence-electron chi connectivity index (χ0n) is 13.3. The Morgan fingerprint density at radius 3 is 1.68 bits per heavy atom. The average Bonchev–Trinajstić information content (AvgIpc) is 2.30. The van der Waals surface area contributed by atoms with Gasteiger partial charge in [0.25, 0.3) is 0 Å². The van der Waals surface area contributed by atoms with Crippen LogP contribution in [0.2, 0.25) is 0 Å². The predicted octanol–water partition coefficient (Wildman–Crippen LogP) is 5.53. The van der Waals surface area contributed by atoms with Crippen molar-refractivity contribution in [1.82, 2.24) is 0 Å². The second-order valence-electron chi connectivity index (χ2n) is 6.21. The topological polar surface area (TPSA) is 26.3 Å². The van der Waals surface area contributed by atoms with Crippen LogP contribution in [0.3, 0.4) is 0 Å². The first-order valence-electron chi connectivity index (χ1n) is 7.65. The van der Waals surface area contributed by atoms with Crippen LogP contribution in [0, 0.1) is 5.41 Å². The molecule has 0 aromatic rings. The van der Waals surface area contributed by atoms with Gasteiger partial charge in [-0.05, 0) is 27.2 Å². The highest BCUT2D eigenvalue weighted by atomic mass is 35.5. The number of unbranched alkanes of at least 4 members (excludes halogenated alkanes) is 8. The van der Waals surface area contributed by atoms with E-state index in [1.807, 2.05) is 20.8 Å². The molecular formula is C16H33ClO2. The summed E-state index contributed by atoms with van der Waals surface area (Å²) in [6, 6.07) is 0. The van der Waals surface area contributed by atoms with Gasteiger partial charge in [-0.3, -0.25) is 4.79 Å². The summed E-state index contributed by atoms with van der Waals surface area (Å²) in [7, 11) is 0. The molecule has 0 fully saturated rings. The smallest absolute Gasteiger partial charge is 0.311 e. The summed E-state index contributed by atoms with van der Waals surface area (Å²) >= 11 is 0. The van der Waals surface area contributed by atoms with E-state index in [4.69, 9.17) is 4.74 Å². The van der Waals surface area contributed by atoms with Crippen molar-refractivity contribution in [3.05, 3.63) is 0 Å². The van der Waals surface area contributed by atoms with Crippen molar-refractivity contribution in [2.24, 2.45) is 5.41 Å². The number of carbonyl (C=O) groups is 1. The number of carbonyl (C=O) groups excluding carboxylic acids is 1. The van der Waals surface area contributed by atoms with Crippen molar-refractivity contribution in [3.63, 3.8) is 0 Å². The average molecular weight is 293 g/mol. The van der Waals surface area contributed by atoms with E-state index in [2.05, 4.69) is 6.92 Å². The molecule has 0 atom stereocenters. The third kappa shape index (κ3) is 14.0. The van der Waals surface area contributed by atoms with E-state index in [9.17, 15) is 4.79 Å². The van der Waals surface area contributed by atoms with Crippen molar-refractivity contribution < 1.29 is 9.53 Å². The molecule has 0 aliphatic rings. The van der Waals surface area contributed by atoms with Gasteiger partial charge >= 0.3 is 5.97 Å².